The van der Waals surface area contributed by atoms with Gasteiger partial charge in [-0.3, -0.25) is 4.99 Å². The van der Waals surface area contributed by atoms with Crippen LogP contribution < -0.4 is 34.7 Å². The van der Waals surface area contributed by atoms with Crippen LogP contribution in [0.25, 0.3) is 0 Å². The Morgan fingerprint density at radius 1 is 1.08 bits per heavy atom. The van der Waals surface area contributed by atoms with Crippen molar-refractivity contribution in [3.63, 3.8) is 0 Å². The first kappa shape index (κ1) is 21.0. The number of hydrogen-bond donors (Lipinski definition) is 1. The first-order chi connectivity index (χ1) is 10.7. The van der Waals surface area contributed by atoms with Gasteiger partial charge in [0, 0.05) is 6.54 Å². The minimum Gasteiger partial charge on any atom is -0.742 e. The Morgan fingerprint density at radius 2 is 1.71 bits per heavy atom. The molecule has 24 heavy (non-hydrogen) atoms. The van der Waals surface area contributed by atoms with Crippen LogP contribution in [0.4, 0.5) is 0 Å². The molecule has 0 fully saturated rings. The maximum Gasteiger partial charge on any atom is 1.00 e. The molecule has 1 heterocycles. The summed E-state index contributed by atoms with van der Waals surface area (Å²) in [5, 5.41) is 4.34. The molecule has 8 nitrogen and oxygen atoms in total. The molecule has 0 radical (unpaired) electrons. The minimum absolute atomic E-state index is 0. The first-order valence-corrected chi connectivity index (χ1v) is 9.29. The van der Waals surface area contributed by atoms with Crippen LogP contribution in [0.2, 0.25) is 0 Å². The zero-order valence-corrected chi connectivity index (χ0v) is 16.4. The van der Waals surface area contributed by atoms with Gasteiger partial charge in [0.1, 0.15) is 5.76 Å². The van der Waals surface area contributed by atoms with Crippen LogP contribution in [0.15, 0.2) is 55.8 Å². The molecule has 0 unspecified atom stereocenters. The van der Waals surface area contributed by atoms with E-state index in [9.17, 15) is 21.4 Å². The van der Waals surface area contributed by atoms with Gasteiger partial charge < -0.3 is 8.97 Å². The zero-order valence-electron chi connectivity index (χ0n) is 12.7. The number of rotatable bonds is 6. The summed E-state index contributed by atoms with van der Waals surface area (Å²) in [6.07, 6.45) is 1.85. The zero-order chi connectivity index (χ0) is 17.1. The van der Waals surface area contributed by atoms with Crippen LogP contribution in [0.1, 0.15) is 11.3 Å². The van der Waals surface area contributed by atoms with Gasteiger partial charge in [0.15, 0.2) is 10.1 Å². The van der Waals surface area contributed by atoms with Crippen molar-refractivity contribution in [2.24, 2.45) is 10.1 Å². The summed E-state index contributed by atoms with van der Waals surface area (Å²) in [7, 11) is -8.32. The number of sulfonamides is 1. The second-order valence-corrected chi connectivity index (χ2v) is 7.46. The van der Waals surface area contributed by atoms with Crippen molar-refractivity contribution in [1.29, 1.82) is 0 Å². The summed E-state index contributed by atoms with van der Waals surface area (Å²) in [5.74, 6) is 0.156. The maximum absolute atomic E-state index is 11.1. The second-order valence-electron chi connectivity index (χ2n) is 4.59. The predicted octanol–water partition coefficient (Wildman–Crippen LogP) is -2.50. The van der Waals surface area contributed by atoms with Crippen molar-refractivity contribution in [3.05, 3.63) is 47.7 Å². The molecule has 2 aromatic rings. The summed E-state index contributed by atoms with van der Waals surface area (Å²) in [6, 6.07) is 8.47. The molecule has 2 rings (SSSR count). The van der Waals surface area contributed by atoms with Crippen molar-refractivity contribution in [1.82, 2.24) is 0 Å². The fourth-order valence-corrected chi connectivity index (χ4v) is 2.68. The molecular formula is C13H13N2NaO6S2. The Kier molecular flexibility index (Phi) is 7.35. The molecule has 0 aliphatic heterocycles. The van der Waals surface area contributed by atoms with E-state index < -0.39 is 25.2 Å². The Bertz CT molecular complexity index is 918. The summed E-state index contributed by atoms with van der Waals surface area (Å²) in [5.41, 5.74) is 0.858. The molecule has 0 saturated heterocycles. The molecule has 0 aliphatic carbocycles. The Labute approximate surface area is 161 Å². The molecule has 0 bridgehead atoms. The van der Waals surface area contributed by atoms with Crippen molar-refractivity contribution < 1.29 is 55.4 Å². The van der Waals surface area contributed by atoms with E-state index in [4.69, 9.17) is 9.56 Å². The van der Waals surface area contributed by atoms with E-state index >= 15 is 0 Å². The van der Waals surface area contributed by atoms with Gasteiger partial charge in [0.2, 0.25) is 15.1 Å². The summed E-state index contributed by atoms with van der Waals surface area (Å²) in [6.45, 7) is 0.370. The number of nitrogens with zero attached hydrogens (tertiary/aromatic N) is 1. The third kappa shape index (κ3) is 6.13. The minimum atomic E-state index is -4.61. The molecule has 0 spiro atoms. The van der Waals surface area contributed by atoms with Gasteiger partial charge in [0.25, 0.3) is 0 Å². The third-order valence-corrected chi connectivity index (χ3v) is 4.49. The van der Waals surface area contributed by atoms with Crippen molar-refractivity contribution in [2.75, 3.05) is 6.54 Å². The molecule has 0 amide bonds. The normalized spacial score (nSPS) is 12.2. The standard InChI is InChI=1S/C13H14N2O6S2.Na/c14-22(16,17)12-4-1-10(2-5-12)7-8-15-9-11-3-6-13(21-11)23(18,19)20;/h1-6,9H,7-8H2,(H2,14,16,17)(H,18,19,20);/q;+1/p-1. The number of primary sulfonamides is 1. The van der Waals surface area contributed by atoms with E-state index in [-0.39, 0.29) is 40.2 Å². The van der Waals surface area contributed by atoms with Crippen LogP contribution in [0.3, 0.4) is 0 Å². The van der Waals surface area contributed by atoms with Gasteiger partial charge in [-0.2, -0.15) is 0 Å². The number of nitrogens with two attached hydrogens (primary N) is 1. The Morgan fingerprint density at radius 3 is 2.21 bits per heavy atom. The number of hydrogen-bond acceptors (Lipinski definition) is 7. The fourth-order valence-electron chi connectivity index (χ4n) is 1.73. The summed E-state index contributed by atoms with van der Waals surface area (Å²) in [4.78, 5) is 4.08. The maximum atomic E-state index is 11.1. The average Bonchev–Trinajstić information content (AvgIpc) is 2.92. The fraction of sp³-hybridized carbons (Fsp3) is 0.154. The molecule has 0 atom stereocenters. The third-order valence-electron chi connectivity index (χ3n) is 2.85. The van der Waals surface area contributed by atoms with Gasteiger partial charge in [-0.05, 0) is 36.2 Å². The van der Waals surface area contributed by atoms with Crippen molar-refractivity contribution in [3.8, 4) is 0 Å². The number of aliphatic imine (C=N–C) groups is 1. The molecular weight excluding hydrogens is 367 g/mol. The van der Waals surface area contributed by atoms with Crippen molar-refractivity contribution >= 4 is 26.4 Å². The van der Waals surface area contributed by atoms with Gasteiger partial charge in [0.05, 0.1) is 11.1 Å². The van der Waals surface area contributed by atoms with E-state index in [0.29, 0.717) is 13.0 Å². The number of furan rings is 1. The number of benzene rings is 1. The van der Waals surface area contributed by atoms with Crippen LogP contribution in [-0.4, -0.2) is 34.1 Å². The van der Waals surface area contributed by atoms with E-state index in [1.807, 2.05) is 0 Å². The predicted molar refractivity (Wildman–Crippen MR) is 80.7 cm³/mol. The van der Waals surface area contributed by atoms with Gasteiger partial charge in [-0.1, -0.05) is 12.1 Å². The van der Waals surface area contributed by atoms with E-state index in [0.717, 1.165) is 11.6 Å². The average molecular weight is 380 g/mol. The van der Waals surface area contributed by atoms with Gasteiger partial charge >= 0.3 is 29.6 Å². The van der Waals surface area contributed by atoms with Gasteiger partial charge in [-0.25, -0.2) is 22.0 Å². The van der Waals surface area contributed by atoms with Crippen LogP contribution in [0.5, 0.6) is 0 Å². The molecule has 1 aromatic carbocycles. The molecule has 0 aliphatic rings. The van der Waals surface area contributed by atoms with Crippen LogP contribution >= 0.6 is 0 Å². The quantitative estimate of drug-likeness (QED) is 0.333. The Balaban J connectivity index is 0.00000288. The molecule has 0 saturated carbocycles. The molecule has 11 heteroatoms. The Hall–Kier alpha value is -1.01. The summed E-state index contributed by atoms with van der Waals surface area (Å²) >= 11 is 0. The van der Waals surface area contributed by atoms with Crippen LogP contribution in [0, 0.1) is 0 Å². The van der Waals surface area contributed by atoms with E-state index in [1.54, 1.807) is 12.1 Å². The SMILES string of the molecule is NS(=O)(=O)c1ccc(CCN=Cc2ccc(S(=O)(=O)[O-])o2)cc1.[Na+]. The van der Waals surface area contributed by atoms with E-state index in [1.165, 1.54) is 24.4 Å². The molecule has 1 aromatic heterocycles. The first-order valence-electron chi connectivity index (χ1n) is 6.33. The van der Waals surface area contributed by atoms with Crippen molar-refractivity contribution in [2.45, 2.75) is 16.4 Å². The molecule has 124 valence electrons. The smallest absolute Gasteiger partial charge is 0.742 e. The van der Waals surface area contributed by atoms with Crippen LogP contribution in [-0.2, 0) is 26.6 Å². The van der Waals surface area contributed by atoms with E-state index in [2.05, 4.69) is 4.99 Å². The topological polar surface area (TPSA) is 143 Å². The monoisotopic (exact) mass is 380 g/mol. The van der Waals surface area contributed by atoms with Gasteiger partial charge in [-0.15, -0.1) is 0 Å². The summed E-state index contributed by atoms with van der Waals surface area (Å²) < 4.78 is 59.2. The molecule has 2 N–H and O–H groups in total. The largest absolute Gasteiger partial charge is 1.00 e. The second kappa shape index (κ2) is 8.39.